The maximum Gasteiger partial charge on any atom is 0.271 e. The summed E-state index contributed by atoms with van der Waals surface area (Å²) < 4.78 is 0. The monoisotopic (exact) mass is 436 g/mol. The summed E-state index contributed by atoms with van der Waals surface area (Å²) in [7, 11) is 0. The van der Waals surface area contributed by atoms with Gasteiger partial charge >= 0.3 is 0 Å². The second kappa shape index (κ2) is 9.02. The number of halogens is 1. The fraction of sp³-hybridized carbons (Fsp3) is 0.0455. The largest absolute Gasteiger partial charge is 0.333 e. The number of carbonyl (C=O) groups is 2. The maximum atomic E-state index is 12.6. The summed E-state index contributed by atoms with van der Waals surface area (Å²) in [4.78, 5) is 32.7. The molecule has 0 radical (unpaired) electrons. The predicted molar refractivity (Wildman–Crippen MR) is 118 cm³/mol. The lowest BCUT2D eigenvalue weighted by Crippen LogP contribution is -2.42. The van der Waals surface area contributed by atoms with E-state index in [1.165, 1.54) is 11.8 Å². The Morgan fingerprint density at radius 2 is 1.50 bits per heavy atom. The summed E-state index contributed by atoms with van der Waals surface area (Å²) in [6.45, 7) is 0. The summed E-state index contributed by atoms with van der Waals surface area (Å²) in [5.41, 5.74) is 8.31. The number of imidazole rings is 1. The van der Waals surface area contributed by atoms with Gasteiger partial charge in [-0.3, -0.25) is 20.4 Å². The molecule has 150 valence electrons. The zero-order chi connectivity index (χ0) is 20.9. The fourth-order valence-electron chi connectivity index (χ4n) is 2.91. The lowest BCUT2D eigenvalue weighted by molar-refractivity contribution is 0.0846. The Morgan fingerprint density at radius 3 is 2.27 bits per heavy atom. The van der Waals surface area contributed by atoms with Gasteiger partial charge in [-0.15, -0.1) is 0 Å². The molecule has 0 bridgehead atoms. The van der Waals surface area contributed by atoms with Crippen LogP contribution in [0.25, 0.3) is 11.0 Å². The highest BCUT2D eigenvalue weighted by molar-refractivity contribution is 7.98. The number of nitrogens with one attached hydrogen (secondary N) is 3. The summed E-state index contributed by atoms with van der Waals surface area (Å²) in [5.74, 6) is -0.346. The summed E-state index contributed by atoms with van der Waals surface area (Å²) in [6.07, 6.45) is 0. The Labute approximate surface area is 182 Å². The number of amides is 2. The van der Waals surface area contributed by atoms with Gasteiger partial charge in [0.15, 0.2) is 5.16 Å². The summed E-state index contributed by atoms with van der Waals surface area (Å²) in [6, 6.07) is 21.7. The molecule has 0 saturated carbocycles. The van der Waals surface area contributed by atoms with E-state index >= 15 is 0 Å². The Hall–Kier alpha value is -3.29. The van der Waals surface area contributed by atoms with Crippen molar-refractivity contribution >= 4 is 46.2 Å². The summed E-state index contributed by atoms with van der Waals surface area (Å²) in [5, 5.41) is 1.09. The van der Waals surface area contributed by atoms with Crippen LogP contribution >= 0.6 is 23.4 Å². The number of benzene rings is 3. The second-order valence-corrected chi connectivity index (χ2v) is 7.76. The molecule has 4 aromatic rings. The van der Waals surface area contributed by atoms with Gasteiger partial charge in [0.05, 0.1) is 21.6 Å². The summed E-state index contributed by atoms with van der Waals surface area (Å²) >= 11 is 7.52. The van der Waals surface area contributed by atoms with Crippen LogP contribution < -0.4 is 10.9 Å². The van der Waals surface area contributed by atoms with Gasteiger partial charge in [0.2, 0.25) is 0 Å². The number of H-pyrrole nitrogens is 1. The van der Waals surface area contributed by atoms with Crippen LogP contribution in [0, 0.1) is 0 Å². The molecule has 6 nitrogen and oxygen atoms in total. The average Bonchev–Trinajstić information content (AvgIpc) is 3.19. The Morgan fingerprint density at radius 1 is 0.867 bits per heavy atom. The van der Waals surface area contributed by atoms with Gasteiger partial charge in [-0.2, -0.15) is 0 Å². The standard InChI is InChI=1S/C22H17ClN4O2S/c23-17-10-4-3-9-16(17)21(29)27-26-20(28)15-8-2-1-7-14(15)13-30-22-24-18-11-5-6-12-19(18)25-22/h1-12H,13H2,(H,24,25)(H,26,28)(H,27,29). The first-order chi connectivity index (χ1) is 14.6. The Kier molecular flexibility index (Phi) is 6.02. The van der Waals surface area contributed by atoms with Crippen molar-refractivity contribution in [2.24, 2.45) is 0 Å². The third-order valence-corrected chi connectivity index (χ3v) is 5.65. The molecule has 0 fully saturated rings. The van der Waals surface area contributed by atoms with Crippen LogP contribution in [0.4, 0.5) is 0 Å². The van der Waals surface area contributed by atoms with Crippen LogP contribution in [-0.2, 0) is 5.75 Å². The maximum absolute atomic E-state index is 12.6. The highest BCUT2D eigenvalue weighted by Crippen LogP contribution is 2.24. The van der Waals surface area contributed by atoms with E-state index in [0.717, 1.165) is 21.8 Å². The second-order valence-electron chi connectivity index (χ2n) is 6.39. The minimum Gasteiger partial charge on any atom is -0.333 e. The minimum absolute atomic E-state index is 0.285. The van der Waals surface area contributed by atoms with Crippen molar-refractivity contribution in [1.29, 1.82) is 0 Å². The van der Waals surface area contributed by atoms with Crippen molar-refractivity contribution in [2.75, 3.05) is 0 Å². The van der Waals surface area contributed by atoms with Gasteiger partial charge in [0.25, 0.3) is 11.8 Å². The lowest BCUT2D eigenvalue weighted by atomic mass is 10.1. The minimum atomic E-state index is -0.483. The number of aromatic amines is 1. The molecule has 3 N–H and O–H groups in total. The molecule has 1 heterocycles. The van der Waals surface area contributed by atoms with Gasteiger partial charge in [0.1, 0.15) is 0 Å². The smallest absolute Gasteiger partial charge is 0.271 e. The van der Waals surface area contributed by atoms with Gasteiger partial charge in [-0.05, 0) is 35.9 Å². The normalized spacial score (nSPS) is 10.7. The van der Waals surface area contributed by atoms with Crippen molar-refractivity contribution in [1.82, 2.24) is 20.8 Å². The lowest BCUT2D eigenvalue weighted by Gasteiger charge is -2.11. The first-order valence-electron chi connectivity index (χ1n) is 9.12. The van der Waals surface area contributed by atoms with E-state index in [1.807, 2.05) is 36.4 Å². The number of fused-ring (bicyclic) bond motifs is 1. The Bertz CT molecular complexity index is 1190. The number of carbonyl (C=O) groups excluding carboxylic acids is 2. The number of para-hydroxylation sites is 2. The molecule has 2 amide bonds. The van der Waals surface area contributed by atoms with E-state index in [1.54, 1.807) is 36.4 Å². The van der Waals surface area contributed by atoms with Gasteiger partial charge in [0, 0.05) is 11.3 Å². The highest BCUT2D eigenvalue weighted by atomic mass is 35.5. The molecule has 0 aliphatic carbocycles. The van der Waals surface area contributed by atoms with Crippen LogP contribution in [-0.4, -0.2) is 21.8 Å². The van der Waals surface area contributed by atoms with Crippen LogP contribution in [0.15, 0.2) is 78.0 Å². The average molecular weight is 437 g/mol. The Balaban J connectivity index is 1.42. The zero-order valence-corrected chi connectivity index (χ0v) is 17.3. The van der Waals surface area contributed by atoms with Crippen molar-refractivity contribution in [3.63, 3.8) is 0 Å². The van der Waals surface area contributed by atoms with E-state index < -0.39 is 11.8 Å². The molecule has 0 spiro atoms. The first kappa shape index (κ1) is 20.0. The third kappa shape index (κ3) is 4.48. The predicted octanol–water partition coefficient (Wildman–Crippen LogP) is 4.58. The van der Waals surface area contributed by atoms with Crippen LogP contribution in [0.3, 0.4) is 0 Å². The molecule has 4 rings (SSSR count). The zero-order valence-electron chi connectivity index (χ0n) is 15.7. The molecule has 3 aromatic carbocycles. The molecule has 1 aromatic heterocycles. The number of hydrogen-bond donors (Lipinski definition) is 3. The van der Waals surface area contributed by atoms with Gasteiger partial charge < -0.3 is 4.98 Å². The van der Waals surface area contributed by atoms with E-state index in [-0.39, 0.29) is 5.56 Å². The molecule has 8 heteroatoms. The quantitative estimate of drug-likeness (QED) is 0.315. The number of rotatable bonds is 5. The molecule has 0 aliphatic rings. The fourth-order valence-corrected chi connectivity index (χ4v) is 4.02. The molecule has 30 heavy (non-hydrogen) atoms. The van der Waals surface area contributed by atoms with E-state index in [9.17, 15) is 9.59 Å². The highest BCUT2D eigenvalue weighted by Gasteiger charge is 2.15. The number of nitrogens with zero attached hydrogens (tertiary/aromatic N) is 1. The van der Waals surface area contributed by atoms with Crippen molar-refractivity contribution in [2.45, 2.75) is 10.9 Å². The van der Waals surface area contributed by atoms with E-state index in [0.29, 0.717) is 16.3 Å². The number of aromatic nitrogens is 2. The number of hydrazine groups is 1. The molecular weight excluding hydrogens is 420 g/mol. The third-order valence-electron chi connectivity index (χ3n) is 4.40. The van der Waals surface area contributed by atoms with Crippen molar-refractivity contribution in [3.8, 4) is 0 Å². The van der Waals surface area contributed by atoms with Crippen molar-refractivity contribution in [3.05, 3.63) is 94.5 Å². The van der Waals surface area contributed by atoms with Gasteiger partial charge in [-0.25, -0.2) is 4.98 Å². The SMILES string of the molecule is O=C(NNC(=O)c1ccccc1CSc1nc2ccccc2[nH]1)c1ccccc1Cl. The number of thioether (sulfide) groups is 1. The van der Waals surface area contributed by atoms with Crippen LogP contribution in [0.5, 0.6) is 0 Å². The first-order valence-corrected chi connectivity index (χ1v) is 10.5. The molecule has 0 unspecified atom stereocenters. The van der Waals surface area contributed by atoms with Crippen molar-refractivity contribution < 1.29 is 9.59 Å². The molecule has 0 aliphatic heterocycles. The van der Waals surface area contributed by atoms with Gasteiger partial charge in [-0.1, -0.05) is 65.8 Å². The van der Waals surface area contributed by atoms with Crippen LogP contribution in [0.1, 0.15) is 26.3 Å². The molecule has 0 saturated heterocycles. The number of hydrogen-bond acceptors (Lipinski definition) is 4. The van der Waals surface area contributed by atoms with E-state index in [2.05, 4.69) is 20.8 Å². The molecular formula is C22H17ClN4O2S. The molecule has 0 atom stereocenters. The van der Waals surface area contributed by atoms with E-state index in [4.69, 9.17) is 11.6 Å². The van der Waals surface area contributed by atoms with Crippen LogP contribution in [0.2, 0.25) is 5.02 Å². The topological polar surface area (TPSA) is 86.9 Å².